The lowest BCUT2D eigenvalue weighted by Crippen LogP contribution is -2.65. The van der Waals surface area contributed by atoms with Gasteiger partial charge in [-0.05, 0) is 52.0 Å². The maximum atomic E-state index is 13.6. The van der Waals surface area contributed by atoms with Gasteiger partial charge in [0.15, 0.2) is 6.79 Å². The van der Waals surface area contributed by atoms with Crippen molar-refractivity contribution in [2.75, 3.05) is 34.2 Å². The molecule has 0 amide bonds. The first kappa shape index (κ1) is 28.6. The van der Waals surface area contributed by atoms with E-state index in [1.165, 1.54) is 14.0 Å². The molecule has 0 spiro atoms. The summed E-state index contributed by atoms with van der Waals surface area (Å²) in [6, 6.07) is 0. The lowest BCUT2D eigenvalue weighted by Gasteiger charge is -2.54. The molecule has 2 fully saturated rings. The fourth-order valence-corrected chi connectivity index (χ4v) is 5.86. The Morgan fingerprint density at radius 2 is 1.92 bits per heavy atom. The number of esters is 4. The number of methoxy groups -OCH3 is 2. The zero-order chi connectivity index (χ0) is 27.3. The van der Waals surface area contributed by atoms with Crippen LogP contribution in [-0.4, -0.2) is 69.3 Å². The van der Waals surface area contributed by atoms with Gasteiger partial charge in [-0.15, -0.1) is 0 Å². The van der Waals surface area contributed by atoms with Crippen molar-refractivity contribution < 1.29 is 47.6 Å². The van der Waals surface area contributed by atoms with Gasteiger partial charge in [0, 0.05) is 31.1 Å². The van der Waals surface area contributed by atoms with Crippen LogP contribution in [0.5, 0.6) is 0 Å². The Labute approximate surface area is 216 Å². The minimum Gasteiger partial charge on any atom is -0.466 e. The summed E-state index contributed by atoms with van der Waals surface area (Å²) in [5, 5.41) is 0. The summed E-state index contributed by atoms with van der Waals surface area (Å²) >= 11 is 0. The molecule has 10 heteroatoms. The van der Waals surface area contributed by atoms with E-state index in [9.17, 15) is 19.2 Å². The van der Waals surface area contributed by atoms with Crippen LogP contribution in [0.1, 0.15) is 52.9 Å². The Kier molecular flexibility index (Phi) is 8.96. The third-order valence-corrected chi connectivity index (χ3v) is 7.66. The monoisotopic (exact) mass is 520 g/mol. The van der Waals surface area contributed by atoms with E-state index in [1.807, 2.05) is 0 Å². The Morgan fingerprint density at radius 1 is 1.16 bits per heavy atom. The number of rotatable bonds is 10. The standard InChI is InChI=1S/C27H36O10/c1-18(22(29)35-17-34-16-15-32-4)7-6-11-25(3)21-10-13-26(24(31)37-25)12-8-20(23(30)33-5)9-14-27(21,26)36-19(2)28/h6-8,11,21H,9-10,12-17H2,1-5H3/b11-6+,18-7+/t21-,25+,26+,27-/m0/s1. The number of allylic oxidation sites excluding steroid dienone is 3. The first-order valence-corrected chi connectivity index (χ1v) is 12.4. The summed E-state index contributed by atoms with van der Waals surface area (Å²) in [5.74, 6) is -2.32. The van der Waals surface area contributed by atoms with Gasteiger partial charge in [0.1, 0.15) is 16.6 Å². The molecule has 3 aliphatic rings. The molecule has 1 saturated heterocycles. The van der Waals surface area contributed by atoms with E-state index in [0.717, 1.165) is 0 Å². The molecule has 2 aliphatic carbocycles. The molecular formula is C27H36O10. The van der Waals surface area contributed by atoms with Crippen molar-refractivity contribution in [2.45, 2.75) is 64.1 Å². The average Bonchev–Trinajstić information content (AvgIpc) is 3.00. The van der Waals surface area contributed by atoms with Crippen molar-refractivity contribution in [3.63, 3.8) is 0 Å². The van der Waals surface area contributed by atoms with Crippen LogP contribution in [0.25, 0.3) is 0 Å². The van der Waals surface area contributed by atoms with Gasteiger partial charge in [-0.25, -0.2) is 9.59 Å². The molecule has 1 aliphatic heterocycles. The molecule has 0 radical (unpaired) electrons. The second kappa shape index (κ2) is 11.6. The SMILES string of the molecule is COCCOCOC(=O)/C(C)=C/C=C/[C@@]1(C)OC(=O)[C@]23CC=C(C(=O)OC)CC[C@]2(OC(C)=O)[C@H]1CC3. The number of cyclic esters (lactones) is 1. The van der Waals surface area contributed by atoms with E-state index < -0.39 is 40.5 Å². The summed E-state index contributed by atoms with van der Waals surface area (Å²) in [4.78, 5) is 50.4. The van der Waals surface area contributed by atoms with E-state index in [4.69, 9.17) is 28.4 Å². The normalized spacial score (nSPS) is 31.2. The van der Waals surface area contributed by atoms with Crippen molar-refractivity contribution in [3.05, 3.63) is 35.5 Å². The largest absolute Gasteiger partial charge is 0.466 e. The van der Waals surface area contributed by atoms with Crippen LogP contribution in [-0.2, 0) is 47.6 Å². The van der Waals surface area contributed by atoms with E-state index in [0.29, 0.717) is 50.0 Å². The summed E-state index contributed by atoms with van der Waals surface area (Å²) in [6.45, 7) is 5.21. The van der Waals surface area contributed by atoms with Gasteiger partial charge < -0.3 is 28.4 Å². The zero-order valence-corrected chi connectivity index (χ0v) is 22.1. The number of carbonyl (C=O) groups excluding carboxylic acids is 4. The fraction of sp³-hybridized carbons (Fsp3) is 0.630. The molecule has 4 atom stereocenters. The number of ether oxygens (including phenoxy) is 6. The van der Waals surface area contributed by atoms with Crippen LogP contribution in [0.3, 0.4) is 0 Å². The molecule has 1 saturated carbocycles. The first-order chi connectivity index (χ1) is 17.5. The van der Waals surface area contributed by atoms with Crippen molar-refractivity contribution in [3.8, 4) is 0 Å². The first-order valence-electron chi connectivity index (χ1n) is 12.4. The van der Waals surface area contributed by atoms with Gasteiger partial charge in [0.2, 0.25) is 0 Å². The minimum absolute atomic E-state index is 0.191. The van der Waals surface area contributed by atoms with Gasteiger partial charge >= 0.3 is 23.9 Å². The molecule has 10 nitrogen and oxygen atoms in total. The Bertz CT molecular complexity index is 1010. The molecule has 2 bridgehead atoms. The van der Waals surface area contributed by atoms with Gasteiger partial charge in [-0.2, -0.15) is 0 Å². The van der Waals surface area contributed by atoms with E-state index in [-0.39, 0.29) is 19.1 Å². The number of hydrogen-bond acceptors (Lipinski definition) is 10. The Balaban J connectivity index is 1.84. The molecule has 204 valence electrons. The predicted molar refractivity (Wildman–Crippen MR) is 130 cm³/mol. The maximum Gasteiger partial charge on any atom is 0.335 e. The minimum atomic E-state index is -1.14. The number of hydrogen-bond donors (Lipinski definition) is 0. The fourth-order valence-electron chi connectivity index (χ4n) is 5.86. The highest BCUT2D eigenvalue weighted by molar-refractivity contribution is 5.90. The topological polar surface area (TPSA) is 124 Å². The molecule has 0 unspecified atom stereocenters. The van der Waals surface area contributed by atoms with Crippen LogP contribution in [0.2, 0.25) is 0 Å². The quantitative estimate of drug-likeness (QED) is 0.106. The predicted octanol–water partition coefficient (Wildman–Crippen LogP) is 2.95. The highest BCUT2D eigenvalue weighted by atomic mass is 16.7. The van der Waals surface area contributed by atoms with Gasteiger partial charge in [-0.1, -0.05) is 18.2 Å². The molecule has 0 aromatic carbocycles. The smallest absolute Gasteiger partial charge is 0.335 e. The molecule has 0 N–H and O–H groups in total. The van der Waals surface area contributed by atoms with Gasteiger partial charge in [0.25, 0.3) is 0 Å². The second-order valence-corrected chi connectivity index (χ2v) is 9.81. The van der Waals surface area contributed by atoms with Crippen LogP contribution in [0.4, 0.5) is 0 Å². The lowest BCUT2D eigenvalue weighted by atomic mass is 9.62. The van der Waals surface area contributed by atoms with Crippen molar-refractivity contribution in [1.82, 2.24) is 0 Å². The third kappa shape index (κ3) is 5.50. The molecule has 37 heavy (non-hydrogen) atoms. The van der Waals surface area contributed by atoms with Crippen LogP contribution >= 0.6 is 0 Å². The second-order valence-electron chi connectivity index (χ2n) is 9.81. The van der Waals surface area contributed by atoms with Crippen LogP contribution < -0.4 is 0 Å². The molecule has 0 aromatic rings. The summed E-state index contributed by atoms with van der Waals surface area (Å²) in [5.41, 5.74) is -2.54. The number of carbonyl (C=O) groups is 4. The van der Waals surface area contributed by atoms with E-state index >= 15 is 0 Å². The molecule has 1 heterocycles. The average molecular weight is 521 g/mol. The van der Waals surface area contributed by atoms with Crippen LogP contribution in [0.15, 0.2) is 35.5 Å². The molecular weight excluding hydrogens is 484 g/mol. The highest BCUT2D eigenvalue weighted by Crippen LogP contribution is 2.65. The van der Waals surface area contributed by atoms with E-state index in [1.54, 1.807) is 45.3 Å². The highest BCUT2D eigenvalue weighted by Gasteiger charge is 2.74. The van der Waals surface area contributed by atoms with Crippen molar-refractivity contribution in [2.24, 2.45) is 11.3 Å². The van der Waals surface area contributed by atoms with Crippen molar-refractivity contribution >= 4 is 23.9 Å². The summed E-state index contributed by atoms with van der Waals surface area (Å²) < 4.78 is 32.0. The van der Waals surface area contributed by atoms with Crippen molar-refractivity contribution in [1.29, 1.82) is 0 Å². The zero-order valence-electron chi connectivity index (χ0n) is 22.1. The summed E-state index contributed by atoms with van der Waals surface area (Å²) in [6.07, 6.45) is 8.50. The molecule has 3 rings (SSSR count). The Hall–Kier alpha value is -2.98. The third-order valence-electron chi connectivity index (χ3n) is 7.66. The van der Waals surface area contributed by atoms with Gasteiger partial charge in [-0.3, -0.25) is 9.59 Å². The van der Waals surface area contributed by atoms with Gasteiger partial charge in [0.05, 0.1) is 20.3 Å². The van der Waals surface area contributed by atoms with E-state index in [2.05, 4.69) is 0 Å². The van der Waals surface area contributed by atoms with Crippen LogP contribution in [0, 0.1) is 11.3 Å². The Morgan fingerprint density at radius 3 is 2.59 bits per heavy atom. The maximum absolute atomic E-state index is 13.6. The summed E-state index contributed by atoms with van der Waals surface area (Å²) in [7, 11) is 2.86. The lowest BCUT2D eigenvalue weighted by molar-refractivity contribution is -0.235. The molecule has 0 aromatic heterocycles.